The van der Waals surface area contributed by atoms with Crippen molar-refractivity contribution in [3.63, 3.8) is 0 Å². The summed E-state index contributed by atoms with van der Waals surface area (Å²) in [5.41, 5.74) is 1.53. The van der Waals surface area contributed by atoms with E-state index in [-0.39, 0.29) is 16.3 Å². The van der Waals surface area contributed by atoms with E-state index >= 15 is 0 Å². The molecular formula is C21H19ClFN3O3. The predicted molar refractivity (Wildman–Crippen MR) is 110 cm³/mol. The summed E-state index contributed by atoms with van der Waals surface area (Å²) in [5.74, 6) is -2.15. The monoisotopic (exact) mass is 415 g/mol. The normalized spacial score (nSPS) is 11.9. The molecule has 0 bridgehead atoms. The molecule has 0 aromatic heterocycles. The van der Waals surface area contributed by atoms with Crippen LogP contribution in [0.15, 0.2) is 48.0 Å². The number of amides is 1. The molecule has 8 heteroatoms. The fourth-order valence-electron chi connectivity index (χ4n) is 2.27. The summed E-state index contributed by atoms with van der Waals surface area (Å²) in [5, 5.41) is 11.7. The lowest BCUT2D eigenvalue weighted by molar-refractivity contribution is -0.148. The molecule has 1 atom stereocenters. The van der Waals surface area contributed by atoms with Crippen molar-refractivity contribution in [3.8, 4) is 6.07 Å². The van der Waals surface area contributed by atoms with Crippen molar-refractivity contribution in [2.75, 3.05) is 24.3 Å². The molecule has 1 amide bonds. The Labute approximate surface area is 173 Å². The highest BCUT2D eigenvalue weighted by Gasteiger charge is 2.21. The maximum atomic E-state index is 13.1. The van der Waals surface area contributed by atoms with Gasteiger partial charge >= 0.3 is 5.97 Å². The highest BCUT2D eigenvalue weighted by molar-refractivity contribution is 6.33. The number of hydrogen-bond donors (Lipinski definition) is 1. The molecule has 0 saturated carbocycles. The SMILES string of the molecule is CC(OC(=O)/C(C#N)=C/c1ccc(N(C)C)cc1)C(=O)Nc1ccc(F)cc1Cl. The van der Waals surface area contributed by atoms with Crippen LogP contribution in [-0.2, 0) is 14.3 Å². The number of hydrogen-bond acceptors (Lipinski definition) is 5. The minimum atomic E-state index is -1.20. The van der Waals surface area contributed by atoms with E-state index in [0.717, 1.165) is 17.8 Å². The molecule has 1 N–H and O–H groups in total. The average molecular weight is 416 g/mol. The Balaban J connectivity index is 2.05. The Morgan fingerprint density at radius 3 is 2.45 bits per heavy atom. The first-order valence-corrected chi connectivity index (χ1v) is 8.95. The number of esters is 1. The van der Waals surface area contributed by atoms with Crippen molar-refractivity contribution < 1.29 is 18.7 Å². The maximum Gasteiger partial charge on any atom is 0.349 e. The molecule has 150 valence electrons. The molecule has 0 fully saturated rings. The standard InChI is InChI=1S/C21H19ClFN3O3/c1-13(20(27)25-19-9-6-16(23)11-18(19)22)29-21(28)15(12-24)10-14-4-7-17(8-5-14)26(2)3/h4-11,13H,1-3H3,(H,25,27)/b15-10+. The fourth-order valence-corrected chi connectivity index (χ4v) is 2.49. The summed E-state index contributed by atoms with van der Waals surface area (Å²) in [6.07, 6.45) is 0.181. The lowest BCUT2D eigenvalue weighted by atomic mass is 10.1. The number of ether oxygens (including phenoxy) is 1. The molecule has 2 rings (SSSR count). The highest BCUT2D eigenvalue weighted by Crippen LogP contribution is 2.23. The summed E-state index contributed by atoms with van der Waals surface area (Å²) >= 11 is 5.86. The predicted octanol–water partition coefficient (Wildman–Crippen LogP) is 4.02. The first-order chi connectivity index (χ1) is 13.7. The first kappa shape index (κ1) is 21.9. The van der Waals surface area contributed by atoms with Gasteiger partial charge in [0, 0.05) is 19.8 Å². The lowest BCUT2D eigenvalue weighted by Gasteiger charge is -2.14. The van der Waals surface area contributed by atoms with E-state index in [0.29, 0.717) is 5.56 Å². The fraction of sp³-hybridized carbons (Fsp3) is 0.190. The molecule has 0 spiro atoms. The van der Waals surface area contributed by atoms with E-state index in [1.165, 1.54) is 19.1 Å². The van der Waals surface area contributed by atoms with Crippen molar-refractivity contribution in [2.45, 2.75) is 13.0 Å². The van der Waals surface area contributed by atoms with Crippen LogP contribution >= 0.6 is 11.6 Å². The van der Waals surface area contributed by atoms with Gasteiger partial charge in [-0.1, -0.05) is 23.7 Å². The Morgan fingerprint density at radius 2 is 1.90 bits per heavy atom. The summed E-state index contributed by atoms with van der Waals surface area (Å²) in [7, 11) is 3.79. The van der Waals surface area contributed by atoms with Gasteiger partial charge in [0.1, 0.15) is 17.5 Å². The third-order valence-electron chi connectivity index (χ3n) is 3.90. The molecule has 0 aliphatic rings. The topological polar surface area (TPSA) is 82.4 Å². The zero-order valence-corrected chi connectivity index (χ0v) is 16.8. The van der Waals surface area contributed by atoms with E-state index in [4.69, 9.17) is 16.3 Å². The quantitative estimate of drug-likeness (QED) is 0.437. The van der Waals surface area contributed by atoms with Crippen molar-refractivity contribution in [1.29, 1.82) is 5.26 Å². The summed E-state index contributed by atoms with van der Waals surface area (Å²) in [6, 6.07) is 12.5. The number of carbonyl (C=O) groups excluding carboxylic acids is 2. The third-order valence-corrected chi connectivity index (χ3v) is 4.22. The van der Waals surface area contributed by atoms with Crippen LogP contribution in [0, 0.1) is 17.1 Å². The largest absolute Gasteiger partial charge is 0.448 e. The molecule has 2 aromatic rings. The molecule has 6 nitrogen and oxygen atoms in total. The minimum Gasteiger partial charge on any atom is -0.448 e. The molecule has 29 heavy (non-hydrogen) atoms. The Hall–Kier alpha value is -3.37. The van der Waals surface area contributed by atoms with Crippen LogP contribution in [0.5, 0.6) is 0 Å². The van der Waals surface area contributed by atoms with E-state index in [1.54, 1.807) is 18.2 Å². The third kappa shape index (κ3) is 6.06. The Morgan fingerprint density at radius 1 is 1.24 bits per heavy atom. The number of rotatable bonds is 6. The molecule has 0 aliphatic heterocycles. The van der Waals surface area contributed by atoms with Gasteiger partial charge in [0.25, 0.3) is 5.91 Å². The van der Waals surface area contributed by atoms with Gasteiger partial charge in [-0.2, -0.15) is 5.26 Å². The summed E-state index contributed by atoms with van der Waals surface area (Å²) < 4.78 is 18.1. The van der Waals surface area contributed by atoms with Crippen LogP contribution in [0.2, 0.25) is 5.02 Å². The van der Waals surface area contributed by atoms with E-state index in [9.17, 15) is 19.2 Å². The van der Waals surface area contributed by atoms with Gasteiger partial charge < -0.3 is 15.0 Å². The summed E-state index contributed by atoms with van der Waals surface area (Å²) in [4.78, 5) is 26.4. The van der Waals surface area contributed by atoms with E-state index < -0.39 is 23.8 Å². The van der Waals surface area contributed by atoms with Crippen LogP contribution in [-0.4, -0.2) is 32.1 Å². The highest BCUT2D eigenvalue weighted by atomic mass is 35.5. The van der Waals surface area contributed by atoms with Gasteiger partial charge in [-0.15, -0.1) is 0 Å². The molecule has 0 aliphatic carbocycles. The molecule has 1 unspecified atom stereocenters. The zero-order valence-electron chi connectivity index (χ0n) is 16.1. The van der Waals surface area contributed by atoms with Gasteiger partial charge in [-0.3, -0.25) is 4.79 Å². The second kappa shape index (κ2) is 9.71. The molecule has 0 heterocycles. The Bertz CT molecular complexity index is 982. The first-order valence-electron chi connectivity index (χ1n) is 8.57. The maximum absolute atomic E-state index is 13.1. The lowest BCUT2D eigenvalue weighted by Crippen LogP contribution is -2.30. The smallest absolute Gasteiger partial charge is 0.349 e. The minimum absolute atomic E-state index is 0.00987. The number of nitrogens with zero attached hydrogens (tertiary/aromatic N) is 2. The van der Waals surface area contributed by atoms with Gasteiger partial charge in [0.15, 0.2) is 6.10 Å². The van der Waals surface area contributed by atoms with Crippen LogP contribution in [0.25, 0.3) is 6.08 Å². The average Bonchev–Trinajstić information content (AvgIpc) is 2.68. The van der Waals surface area contributed by atoms with Crippen molar-refractivity contribution in [2.24, 2.45) is 0 Å². The second-order valence-corrected chi connectivity index (χ2v) is 6.72. The van der Waals surface area contributed by atoms with Gasteiger partial charge in [-0.05, 0) is 48.9 Å². The van der Waals surface area contributed by atoms with Crippen molar-refractivity contribution in [1.82, 2.24) is 0 Å². The second-order valence-electron chi connectivity index (χ2n) is 6.32. The van der Waals surface area contributed by atoms with Gasteiger partial charge in [0.2, 0.25) is 0 Å². The Kier molecular flexibility index (Phi) is 7.34. The van der Waals surface area contributed by atoms with E-state index in [2.05, 4.69) is 5.32 Å². The number of halogens is 2. The van der Waals surface area contributed by atoms with Crippen LogP contribution < -0.4 is 10.2 Å². The van der Waals surface area contributed by atoms with Crippen LogP contribution in [0.4, 0.5) is 15.8 Å². The zero-order chi connectivity index (χ0) is 21.6. The van der Waals surface area contributed by atoms with Crippen LogP contribution in [0.1, 0.15) is 12.5 Å². The number of anilines is 2. The van der Waals surface area contributed by atoms with E-state index in [1.807, 2.05) is 31.1 Å². The number of nitriles is 1. The van der Waals surface area contributed by atoms with Crippen LogP contribution in [0.3, 0.4) is 0 Å². The van der Waals surface area contributed by atoms with Crippen molar-refractivity contribution in [3.05, 3.63) is 64.4 Å². The number of benzene rings is 2. The molecular weight excluding hydrogens is 397 g/mol. The number of carbonyl (C=O) groups is 2. The number of nitrogens with one attached hydrogen (secondary N) is 1. The van der Waals surface area contributed by atoms with Gasteiger partial charge in [-0.25, -0.2) is 9.18 Å². The summed E-state index contributed by atoms with van der Waals surface area (Å²) in [6.45, 7) is 1.35. The molecule has 0 saturated heterocycles. The molecule has 0 radical (unpaired) electrons. The molecule has 2 aromatic carbocycles. The van der Waals surface area contributed by atoms with Crippen molar-refractivity contribution >= 4 is 40.9 Å². The van der Waals surface area contributed by atoms with Gasteiger partial charge in [0.05, 0.1) is 10.7 Å².